The summed E-state index contributed by atoms with van der Waals surface area (Å²) in [6, 6.07) is 0. The molecule has 1 nitrogen and oxygen atoms in total. The summed E-state index contributed by atoms with van der Waals surface area (Å²) in [6.07, 6.45) is 20.5. The fraction of sp³-hybridized carbons (Fsp3) is 0.895. The minimum atomic E-state index is 0.547. The lowest BCUT2D eigenvalue weighted by Gasteiger charge is -2.02. The minimum Gasteiger partial charge on any atom is -0.369 e. The fourth-order valence-electron chi connectivity index (χ4n) is 2.75. The number of hydrogen-bond donors (Lipinski definition) is 0. The molecule has 1 rings (SSSR count). The Morgan fingerprint density at radius 3 is 2.45 bits per heavy atom. The Hall–Kier alpha value is -0.300. The molecule has 2 unspecified atom stereocenters. The van der Waals surface area contributed by atoms with Crippen LogP contribution in [0.3, 0.4) is 0 Å². The van der Waals surface area contributed by atoms with Crippen LogP contribution < -0.4 is 0 Å². The zero-order valence-corrected chi connectivity index (χ0v) is 14.1. The van der Waals surface area contributed by atoms with E-state index in [2.05, 4.69) is 32.9 Å². The van der Waals surface area contributed by atoms with Crippen LogP contribution in [0, 0.1) is 5.92 Å². The van der Waals surface area contributed by atoms with Gasteiger partial charge in [-0.1, -0.05) is 77.9 Å². The van der Waals surface area contributed by atoms with Gasteiger partial charge in [0.25, 0.3) is 0 Å². The average Bonchev–Trinajstić information content (AvgIpc) is 3.16. The molecule has 0 bridgehead atoms. The molecule has 2 atom stereocenters. The Bertz CT molecular complexity index is 244. The Kier molecular flexibility index (Phi) is 10.1. The zero-order valence-electron chi connectivity index (χ0n) is 14.1. The molecule has 20 heavy (non-hydrogen) atoms. The van der Waals surface area contributed by atoms with Gasteiger partial charge in [-0.3, -0.25) is 0 Å². The molecule has 1 fully saturated rings. The van der Waals surface area contributed by atoms with E-state index in [1.54, 1.807) is 0 Å². The summed E-state index contributed by atoms with van der Waals surface area (Å²) in [6.45, 7) is 6.89. The highest BCUT2D eigenvalue weighted by atomic mass is 16.6. The van der Waals surface area contributed by atoms with Crippen LogP contribution in [-0.4, -0.2) is 12.2 Å². The lowest BCUT2D eigenvalue weighted by atomic mass is 10.0. The van der Waals surface area contributed by atoms with Gasteiger partial charge in [-0.15, -0.1) is 0 Å². The van der Waals surface area contributed by atoms with Gasteiger partial charge in [0.05, 0.1) is 12.2 Å². The Morgan fingerprint density at radius 1 is 0.900 bits per heavy atom. The van der Waals surface area contributed by atoms with Crippen LogP contribution >= 0.6 is 0 Å². The van der Waals surface area contributed by atoms with Crippen molar-refractivity contribution < 1.29 is 4.74 Å². The summed E-state index contributed by atoms with van der Waals surface area (Å²) in [7, 11) is 0. The van der Waals surface area contributed by atoms with Crippen molar-refractivity contribution in [3.05, 3.63) is 12.2 Å². The molecule has 0 N–H and O–H groups in total. The SMILES string of the molecule is CCCCCCC/C=C/CC1OC1CCCCC(C)C. The van der Waals surface area contributed by atoms with E-state index in [9.17, 15) is 0 Å². The normalized spacial score (nSPS) is 22.0. The molecule has 1 aliphatic rings. The van der Waals surface area contributed by atoms with Crippen LogP contribution in [0.1, 0.15) is 91.4 Å². The first-order valence-electron chi connectivity index (χ1n) is 9.04. The molecule has 1 heteroatoms. The molecule has 0 aromatic heterocycles. The second-order valence-corrected chi connectivity index (χ2v) is 6.80. The topological polar surface area (TPSA) is 12.5 Å². The predicted molar refractivity (Wildman–Crippen MR) is 89.1 cm³/mol. The van der Waals surface area contributed by atoms with Gasteiger partial charge in [-0.05, 0) is 31.6 Å². The molecular weight excluding hydrogens is 244 g/mol. The first kappa shape index (κ1) is 17.8. The molecular formula is C19H36O. The number of epoxide rings is 1. The molecule has 1 heterocycles. The van der Waals surface area contributed by atoms with Crippen LogP contribution in [-0.2, 0) is 4.74 Å². The summed E-state index contributed by atoms with van der Waals surface area (Å²) in [5, 5.41) is 0. The molecule has 1 saturated heterocycles. The number of rotatable bonds is 13. The monoisotopic (exact) mass is 280 g/mol. The van der Waals surface area contributed by atoms with Crippen molar-refractivity contribution >= 4 is 0 Å². The second-order valence-electron chi connectivity index (χ2n) is 6.80. The number of ether oxygens (including phenoxy) is 1. The highest BCUT2D eigenvalue weighted by molar-refractivity contribution is 4.93. The van der Waals surface area contributed by atoms with Crippen LogP contribution in [0.4, 0.5) is 0 Å². The van der Waals surface area contributed by atoms with E-state index in [0.29, 0.717) is 12.2 Å². The molecule has 0 aromatic carbocycles. The summed E-state index contributed by atoms with van der Waals surface area (Å²) >= 11 is 0. The molecule has 0 spiro atoms. The first-order valence-corrected chi connectivity index (χ1v) is 9.04. The standard InChI is InChI=1S/C19H36O/c1-4-5-6-7-8-9-10-11-15-18-19(20-18)16-13-12-14-17(2)3/h10-11,17-19H,4-9,12-16H2,1-3H3/b11-10+. The lowest BCUT2D eigenvalue weighted by molar-refractivity contribution is 0.357. The van der Waals surface area contributed by atoms with Crippen molar-refractivity contribution in [2.75, 3.05) is 0 Å². The van der Waals surface area contributed by atoms with Crippen molar-refractivity contribution in [3.8, 4) is 0 Å². The molecule has 0 saturated carbocycles. The Balaban J connectivity index is 1.84. The second kappa shape index (κ2) is 11.4. The average molecular weight is 280 g/mol. The number of unbranched alkanes of at least 4 members (excludes halogenated alkanes) is 6. The Labute approximate surface area is 127 Å². The van der Waals surface area contributed by atoms with Crippen LogP contribution in [0.25, 0.3) is 0 Å². The molecule has 0 radical (unpaired) electrons. The quantitative estimate of drug-likeness (QED) is 0.220. The van der Waals surface area contributed by atoms with Crippen LogP contribution in [0.5, 0.6) is 0 Å². The summed E-state index contributed by atoms with van der Waals surface area (Å²) in [5.74, 6) is 0.853. The van der Waals surface area contributed by atoms with E-state index < -0.39 is 0 Å². The van der Waals surface area contributed by atoms with Gasteiger partial charge in [-0.25, -0.2) is 0 Å². The van der Waals surface area contributed by atoms with Crippen molar-refractivity contribution in [3.63, 3.8) is 0 Å². The van der Waals surface area contributed by atoms with Gasteiger partial charge in [-0.2, -0.15) is 0 Å². The van der Waals surface area contributed by atoms with Gasteiger partial charge in [0.15, 0.2) is 0 Å². The lowest BCUT2D eigenvalue weighted by Crippen LogP contribution is -1.94. The molecule has 0 amide bonds. The maximum atomic E-state index is 5.73. The summed E-state index contributed by atoms with van der Waals surface area (Å²) in [4.78, 5) is 0. The fourth-order valence-corrected chi connectivity index (χ4v) is 2.75. The summed E-state index contributed by atoms with van der Waals surface area (Å²) < 4.78 is 5.73. The van der Waals surface area contributed by atoms with E-state index in [1.807, 2.05) is 0 Å². The van der Waals surface area contributed by atoms with Gasteiger partial charge in [0.2, 0.25) is 0 Å². The minimum absolute atomic E-state index is 0.547. The zero-order chi connectivity index (χ0) is 14.6. The highest BCUT2D eigenvalue weighted by Crippen LogP contribution is 2.30. The van der Waals surface area contributed by atoms with Crippen molar-refractivity contribution in [2.45, 2.75) is 104 Å². The number of hydrogen-bond acceptors (Lipinski definition) is 1. The Morgan fingerprint density at radius 2 is 1.70 bits per heavy atom. The largest absolute Gasteiger partial charge is 0.369 e. The third-order valence-electron chi connectivity index (χ3n) is 4.22. The van der Waals surface area contributed by atoms with E-state index >= 15 is 0 Å². The maximum Gasteiger partial charge on any atom is 0.0876 e. The van der Waals surface area contributed by atoms with Crippen molar-refractivity contribution in [1.29, 1.82) is 0 Å². The summed E-state index contributed by atoms with van der Waals surface area (Å²) in [5.41, 5.74) is 0. The smallest absolute Gasteiger partial charge is 0.0876 e. The van der Waals surface area contributed by atoms with Gasteiger partial charge >= 0.3 is 0 Å². The number of allylic oxidation sites excluding steroid dienone is 1. The predicted octanol–water partition coefficient (Wildman–Crippen LogP) is 6.28. The van der Waals surface area contributed by atoms with E-state index in [0.717, 1.165) is 12.3 Å². The third kappa shape index (κ3) is 9.58. The third-order valence-corrected chi connectivity index (χ3v) is 4.22. The molecule has 1 aliphatic heterocycles. The van der Waals surface area contributed by atoms with Crippen molar-refractivity contribution in [1.82, 2.24) is 0 Å². The first-order chi connectivity index (χ1) is 9.74. The highest BCUT2D eigenvalue weighted by Gasteiger charge is 2.36. The molecule has 0 aliphatic carbocycles. The molecule has 0 aromatic rings. The van der Waals surface area contributed by atoms with E-state index in [4.69, 9.17) is 4.74 Å². The molecule has 118 valence electrons. The maximum absolute atomic E-state index is 5.73. The van der Waals surface area contributed by atoms with Gasteiger partial charge in [0, 0.05) is 0 Å². The van der Waals surface area contributed by atoms with Gasteiger partial charge < -0.3 is 4.74 Å². The van der Waals surface area contributed by atoms with Crippen LogP contribution in [0.15, 0.2) is 12.2 Å². The van der Waals surface area contributed by atoms with E-state index in [1.165, 1.54) is 64.2 Å². The van der Waals surface area contributed by atoms with E-state index in [-0.39, 0.29) is 0 Å². The van der Waals surface area contributed by atoms with Gasteiger partial charge in [0.1, 0.15) is 0 Å². The van der Waals surface area contributed by atoms with Crippen LogP contribution in [0.2, 0.25) is 0 Å². The van der Waals surface area contributed by atoms with Crippen molar-refractivity contribution in [2.24, 2.45) is 5.92 Å².